The summed E-state index contributed by atoms with van der Waals surface area (Å²) in [5, 5.41) is 12.0. The van der Waals surface area contributed by atoms with E-state index < -0.39 is 5.97 Å². The molecule has 1 aliphatic carbocycles. The highest BCUT2D eigenvalue weighted by atomic mass is 16.5. The van der Waals surface area contributed by atoms with Gasteiger partial charge in [-0.2, -0.15) is 0 Å². The van der Waals surface area contributed by atoms with Crippen molar-refractivity contribution in [2.45, 2.75) is 43.8 Å². The first-order valence-electron chi connectivity index (χ1n) is 9.85. The first kappa shape index (κ1) is 18.7. The molecule has 1 unspecified atom stereocenters. The van der Waals surface area contributed by atoms with E-state index in [4.69, 9.17) is 9.84 Å². The van der Waals surface area contributed by atoms with Crippen LogP contribution in [-0.4, -0.2) is 35.2 Å². The average molecular weight is 379 g/mol. The minimum absolute atomic E-state index is 0.0147. The Morgan fingerprint density at radius 3 is 2.39 bits per heavy atom. The van der Waals surface area contributed by atoms with Crippen LogP contribution in [0, 0.1) is 5.92 Å². The van der Waals surface area contributed by atoms with E-state index in [0.29, 0.717) is 25.8 Å². The number of aliphatic carboxylic acids is 1. The molecule has 1 saturated heterocycles. The van der Waals surface area contributed by atoms with Gasteiger partial charge >= 0.3 is 5.97 Å². The van der Waals surface area contributed by atoms with Crippen LogP contribution in [0.2, 0.25) is 0 Å². The van der Waals surface area contributed by atoms with Crippen LogP contribution < -0.4 is 5.32 Å². The number of hydrogen-bond donors (Lipinski definition) is 2. The van der Waals surface area contributed by atoms with Gasteiger partial charge in [-0.05, 0) is 42.4 Å². The van der Waals surface area contributed by atoms with Crippen LogP contribution in [0.4, 0.5) is 0 Å². The zero-order valence-corrected chi connectivity index (χ0v) is 15.8. The molecule has 2 fully saturated rings. The summed E-state index contributed by atoms with van der Waals surface area (Å²) in [6, 6.07) is 18.2. The van der Waals surface area contributed by atoms with Crippen molar-refractivity contribution in [2.75, 3.05) is 6.54 Å². The van der Waals surface area contributed by atoms with E-state index in [1.807, 2.05) is 42.5 Å². The molecule has 1 spiro atoms. The van der Waals surface area contributed by atoms with Gasteiger partial charge in [0.15, 0.2) is 0 Å². The van der Waals surface area contributed by atoms with Gasteiger partial charge in [-0.1, -0.05) is 54.6 Å². The molecule has 1 atom stereocenters. The largest absolute Gasteiger partial charge is 0.481 e. The Bertz CT molecular complexity index is 841. The maximum absolute atomic E-state index is 12.3. The molecule has 1 saturated carbocycles. The lowest BCUT2D eigenvalue weighted by Crippen LogP contribution is -2.47. The summed E-state index contributed by atoms with van der Waals surface area (Å²) >= 11 is 0. The molecule has 5 nitrogen and oxygen atoms in total. The smallest absolute Gasteiger partial charge is 0.306 e. The normalized spacial score (nSPS) is 26.0. The lowest BCUT2D eigenvalue weighted by Gasteiger charge is -2.42. The fourth-order valence-corrected chi connectivity index (χ4v) is 4.27. The van der Waals surface area contributed by atoms with E-state index in [9.17, 15) is 9.59 Å². The highest BCUT2D eigenvalue weighted by Gasteiger charge is 2.52. The number of amides is 1. The van der Waals surface area contributed by atoms with Crippen molar-refractivity contribution in [2.24, 2.45) is 5.92 Å². The molecule has 2 aliphatic rings. The number of hydrogen-bond acceptors (Lipinski definition) is 3. The van der Waals surface area contributed by atoms with Gasteiger partial charge in [0, 0.05) is 6.54 Å². The molecule has 1 heterocycles. The molecule has 5 heteroatoms. The van der Waals surface area contributed by atoms with Crippen molar-refractivity contribution in [1.29, 1.82) is 0 Å². The molecule has 2 aromatic rings. The SMILES string of the molecule is O=C(Cc1ccc(-c2ccccc2)cc1)NCC1CCC2(CC(C(=O)O)C2)O1. The van der Waals surface area contributed by atoms with E-state index in [1.54, 1.807) is 0 Å². The van der Waals surface area contributed by atoms with Crippen molar-refractivity contribution in [3.05, 3.63) is 60.2 Å². The molecule has 28 heavy (non-hydrogen) atoms. The number of ether oxygens (including phenoxy) is 1. The highest BCUT2D eigenvalue weighted by Crippen LogP contribution is 2.49. The zero-order valence-electron chi connectivity index (χ0n) is 15.8. The Hall–Kier alpha value is -2.66. The summed E-state index contributed by atoms with van der Waals surface area (Å²) in [5.41, 5.74) is 3.01. The first-order chi connectivity index (χ1) is 13.5. The van der Waals surface area contributed by atoms with Gasteiger partial charge < -0.3 is 15.2 Å². The molecule has 0 radical (unpaired) electrons. The molecular formula is C23H25NO4. The molecule has 2 N–H and O–H groups in total. The first-order valence-corrected chi connectivity index (χ1v) is 9.85. The second kappa shape index (κ2) is 7.76. The molecular weight excluding hydrogens is 354 g/mol. The van der Waals surface area contributed by atoms with Crippen molar-refractivity contribution in [3.8, 4) is 11.1 Å². The van der Waals surface area contributed by atoms with Crippen LogP contribution >= 0.6 is 0 Å². The van der Waals surface area contributed by atoms with Gasteiger partial charge in [0.1, 0.15) is 0 Å². The Labute approximate surface area is 164 Å². The van der Waals surface area contributed by atoms with E-state index in [0.717, 1.165) is 29.5 Å². The predicted molar refractivity (Wildman–Crippen MR) is 106 cm³/mol. The Morgan fingerprint density at radius 2 is 1.71 bits per heavy atom. The van der Waals surface area contributed by atoms with E-state index in [2.05, 4.69) is 17.4 Å². The third kappa shape index (κ3) is 4.09. The number of carboxylic acid groups (broad SMARTS) is 1. The van der Waals surface area contributed by atoms with Gasteiger partial charge in [-0.25, -0.2) is 0 Å². The molecule has 2 aromatic carbocycles. The van der Waals surface area contributed by atoms with E-state index >= 15 is 0 Å². The maximum atomic E-state index is 12.3. The number of carboxylic acids is 1. The molecule has 0 aromatic heterocycles. The lowest BCUT2D eigenvalue weighted by atomic mass is 9.69. The van der Waals surface area contributed by atoms with Crippen molar-refractivity contribution in [1.82, 2.24) is 5.32 Å². The molecule has 146 valence electrons. The third-order valence-electron chi connectivity index (χ3n) is 5.88. The standard InChI is InChI=1S/C23H25NO4/c25-21(12-16-6-8-18(9-7-16)17-4-2-1-3-5-17)24-15-20-10-11-23(28-20)13-19(14-23)22(26)27/h1-9,19-20H,10-15H2,(H,24,25)(H,26,27). The Kier molecular flexibility index (Phi) is 5.18. The monoisotopic (exact) mass is 379 g/mol. The van der Waals surface area contributed by atoms with Gasteiger partial charge in [0.25, 0.3) is 0 Å². The number of carbonyl (C=O) groups is 2. The van der Waals surface area contributed by atoms with E-state index in [-0.39, 0.29) is 23.5 Å². The van der Waals surface area contributed by atoms with Gasteiger partial charge in [-0.3, -0.25) is 9.59 Å². The second-order valence-electron chi connectivity index (χ2n) is 7.95. The van der Waals surface area contributed by atoms with Crippen LogP contribution in [0.5, 0.6) is 0 Å². The van der Waals surface area contributed by atoms with Crippen molar-refractivity contribution >= 4 is 11.9 Å². The minimum atomic E-state index is -0.732. The Balaban J connectivity index is 1.23. The van der Waals surface area contributed by atoms with Crippen molar-refractivity contribution < 1.29 is 19.4 Å². The summed E-state index contributed by atoms with van der Waals surface area (Å²) in [6.07, 6.45) is 3.28. The van der Waals surface area contributed by atoms with E-state index in [1.165, 1.54) is 0 Å². The highest BCUT2D eigenvalue weighted by molar-refractivity contribution is 5.79. The number of benzene rings is 2. The topological polar surface area (TPSA) is 75.6 Å². The predicted octanol–water partition coefficient (Wildman–Crippen LogP) is 3.42. The molecule has 1 aliphatic heterocycles. The maximum Gasteiger partial charge on any atom is 0.306 e. The summed E-state index contributed by atoms with van der Waals surface area (Å²) < 4.78 is 6.05. The second-order valence-corrected chi connectivity index (χ2v) is 7.95. The summed E-state index contributed by atoms with van der Waals surface area (Å²) in [4.78, 5) is 23.2. The van der Waals surface area contributed by atoms with Crippen LogP contribution in [0.15, 0.2) is 54.6 Å². The fourth-order valence-electron chi connectivity index (χ4n) is 4.27. The summed E-state index contributed by atoms with van der Waals surface area (Å²) in [7, 11) is 0. The van der Waals surface area contributed by atoms with Gasteiger partial charge in [0.05, 0.1) is 24.0 Å². The number of rotatable bonds is 6. The van der Waals surface area contributed by atoms with Crippen LogP contribution in [0.25, 0.3) is 11.1 Å². The minimum Gasteiger partial charge on any atom is -0.481 e. The molecule has 0 bridgehead atoms. The Morgan fingerprint density at radius 1 is 1.04 bits per heavy atom. The summed E-state index contributed by atoms with van der Waals surface area (Å²) in [6.45, 7) is 0.487. The third-order valence-corrected chi connectivity index (χ3v) is 5.88. The number of carbonyl (C=O) groups excluding carboxylic acids is 1. The lowest BCUT2D eigenvalue weighted by molar-refractivity contribution is -0.165. The quantitative estimate of drug-likeness (QED) is 0.806. The summed E-state index contributed by atoms with van der Waals surface area (Å²) in [5.74, 6) is -1.02. The number of nitrogens with one attached hydrogen (secondary N) is 1. The van der Waals surface area contributed by atoms with Crippen LogP contribution in [0.3, 0.4) is 0 Å². The zero-order chi connectivity index (χ0) is 19.6. The van der Waals surface area contributed by atoms with Crippen LogP contribution in [-0.2, 0) is 20.7 Å². The van der Waals surface area contributed by atoms with Crippen LogP contribution in [0.1, 0.15) is 31.2 Å². The fraction of sp³-hybridized carbons (Fsp3) is 0.391. The van der Waals surface area contributed by atoms with Gasteiger partial charge in [-0.15, -0.1) is 0 Å². The molecule has 4 rings (SSSR count). The molecule has 1 amide bonds. The van der Waals surface area contributed by atoms with Gasteiger partial charge in [0.2, 0.25) is 5.91 Å². The average Bonchev–Trinajstić information content (AvgIpc) is 3.11. The van der Waals surface area contributed by atoms with Crippen molar-refractivity contribution in [3.63, 3.8) is 0 Å².